The van der Waals surface area contributed by atoms with Crippen LogP contribution in [0.25, 0.3) is 0 Å². The SMILES string of the molecule is C=C/C=C\C(=C/C)Oc1ccc2c(c1)C(=O)OC2=O. The molecule has 19 heavy (non-hydrogen) atoms. The predicted molar refractivity (Wildman–Crippen MR) is 69.9 cm³/mol. The molecule has 96 valence electrons. The molecule has 1 aromatic rings. The number of cyclic esters (lactones) is 2. The van der Waals surface area contributed by atoms with Gasteiger partial charge in [0.25, 0.3) is 0 Å². The normalized spacial score (nSPS) is 14.5. The van der Waals surface area contributed by atoms with E-state index in [1.165, 1.54) is 12.1 Å². The van der Waals surface area contributed by atoms with Crippen molar-refractivity contribution in [2.45, 2.75) is 6.92 Å². The number of rotatable bonds is 4. The third kappa shape index (κ3) is 2.63. The van der Waals surface area contributed by atoms with Crippen LogP contribution in [-0.2, 0) is 4.74 Å². The van der Waals surface area contributed by atoms with Crippen molar-refractivity contribution < 1.29 is 19.1 Å². The second-order valence-electron chi connectivity index (χ2n) is 3.77. The van der Waals surface area contributed by atoms with Crippen molar-refractivity contribution in [1.29, 1.82) is 0 Å². The number of esters is 2. The number of carbonyl (C=O) groups excluding carboxylic acids is 2. The van der Waals surface area contributed by atoms with Gasteiger partial charge >= 0.3 is 11.9 Å². The van der Waals surface area contributed by atoms with Gasteiger partial charge in [-0.1, -0.05) is 18.7 Å². The molecule has 2 rings (SSSR count). The molecule has 1 aromatic carbocycles. The minimum atomic E-state index is -0.644. The molecule has 1 aliphatic rings. The van der Waals surface area contributed by atoms with Crippen molar-refractivity contribution in [2.75, 3.05) is 0 Å². The van der Waals surface area contributed by atoms with Crippen LogP contribution in [0, 0.1) is 0 Å². The molecule has 0 spiro atoms. The van der Waals surface area contributed by atoms with Gasteiger partial charge in [-0.2, -0.15) is 0 Å². The molecular formula is C15H12O4. The zero-order valence-corrected chi connectivity index (χ0v) is 10.4. The lowest BCUT2D eigenvalue weighted by Gasteiger charge is -2.06. The fourth-order valence-corrected chi connectivity index (χ4v) is 1.62. The molecule has 0 saturated heterocycles. The fraction of sp³-hybridized carbons (Fsp3) is 0.0667. The fourth-order valence-electron chi connectivity index (χ4n) is 1.62. The molecule has 0 aliphatic carbocycles. The maximum atomic E-state index is 11.4. The van der Waals surface area contributed by atoms with Gasteiger partial charge in [0.1, 0.15) is 11.5 Å². The van der Waals surface area contributed by atoms with Crippen LogP contribution in [-0.4, -0.2) is 11.9 Å². The van der Waals surface area contributed by atoms with Gasteiger partial charge in [-0.05, 0) is 37.3 Å². The molecule has 0 atom stereocenters. The van der Waals surface area contributed by atoms with Crippen LogP contribution in [0.1, 0.15) is 27.6 Å². The molecule has 0 radical (unpaired) electrons. The topological polar surface area (TPSA) is 52.6 Å². The number of ether oxygens (including phenoxy) is 2. The number of allylic oxidation sites excluding steroid dienone is 4. The van der Waals surface area contributed by atoms with Crippen LogP contribution in [0.4, 0.5) is 0 Å². The van der Waals surface area contributed by atoms with Crippen LogP contribution in [0.2, 0.25) is 0 Å². The molecule has 1 aliphatic heterocycles. The molecule has 0 aromatic heterocycles. The maximum Gasteiger partial charge on any atom is 0.347 e. The summed E-state index contributed by atoms with van der Waals surface area (Å²) in [5.41, 5.74) is 0.492. The van der Waals surface area contributed by atoms with Gasteiger partial charge in [0.15, 0.2) is 0 Å². The lowest BCUT2D eigenvalue weighted by Crippen LogP contribution is -1.97. The molecule has 0 amide bonds. The third-order valence-corrected chi connectivity index (χ3v) is 2.53. The molecule has 0 N–H and O–H groups in total. The molecule has 1 heterocycles. The lowest BCUT2D eigenvalue weighted by atomic mass is 10.1. The molecule has 0 fully saturated rings. The third-order valence-electron chi connectivity index (χ3n) is 2.53. The van der Waals surface area contributed by atoms with Gasteiger partial charge in [-0.3, -0.25) is 0 Å². The number of benzene rings is 1. The average molecular weight is 256 g/mol. The first kappa shape index (κ1) is 12.8. The van der Waals surface area contributed by atoms with E-state index < -0.39 is 11.9 Å². The Hall–Kier alpha value is -2.62. The van der Waals surface area contributed by atoms with Crippen molar-refractivity contribution in [2.24, 2.45) is 0 Å². The molecule has 4 heteroatoms. The summed E-state index contributed by atoms with van der Waals surface area (Å²) in [6.45, 7) is 5.40. The zero-order chi connectivity index (χ0) is 13.8. The molecule has 0 unspecified atom stereocenters. The van der Waals surface area contributed by atoms with Crippen LogP contribution >= 0.6 is 0 Å². The second-order valence-corrected chi connectivity index (χ2v) is 3.77. The standard InChI is InChI=1S/C15H12O4/c1-3-5-6-10(4-2)18-11-7-8-12-13(9-11)15(17)19-14(12)16/h3-9H,1H2,2H3/b6-5-,10-4+. The van der Waals surface area contributed by atoms with E-state index >= 15 is 0 Å². The van der Waals surface area contributed by atoms with Gasteiger partial charge < -0.3 is 9.47 Å². The van der Waals surface area contributed by atoms with E-state index in [4.69, 9.17) is 4.74 Å². The molecule has 0 saturated carbocycles. The van der Waals surface area contributed by atoms with Crippen molar-refractivity contribution >= 4 is 11.9 Å². The maximum absolute atomic E-state index is 11.4. The average Bonchev–Trinajstić information content (AvgIpc) is 2.69. The van der Waals surface area contributed by atoms with E-state index in [-0.39, 0.29) is 11.1 Å². The van der Waals surface area contributed by atoms with Gasteiger partial charge in [-0.15, -0.1) is 0 Å². The highest BCUT2D eigenvalue weighted by Gasteiger charge is 2.29. The van der Waals surface area contributed by atoms with Crippen molar-refractivity contribution in [3.63, 3.8) is 0 Å². The quantitative estimate of drug-likeness (QED) is 0.359. The van der Waals surface area contributed by atoms with Crippen LogP contribution < -0.4 is 4.74 Å². The van der Waals surface area contributed by atoms with Gasteiger partial charge in [0.2, 0.25) is 0 Å². The van der Waals surface area contributed by atoms with Crippen molar-refractivity contribution in [1.82, 2.24) is 0 Å². The smallest absolute Gasteiger partial charge is 0.347 e. The van der Waals surface area contributed by atoms with Crippen molar-refractivity contribution in [3.05, 3.63) is 66.0 Å². The van der Waals surface area contributed by atoms with Gasteiger partial charge in [0.05, 0.1) is 11.1 Å². The van der Waals surface area contributed by atoms with Crippen molar-refractivity contribution in [3.8, 4) is 5.75 Å². The van der Waals surface area contributed by atoms with E-state index in [1.54, 1.807) is 30.4 Å². The predicted octanol–water partition coefficient (Wildman–Crippen LogP) is 3.02. The highest BCUT2D eigenvalue weighted by molar-refractivity contribution is 6.14. The Morgan fingerprint density at radius 3 is 2.68 bits per heavy atom. The minimum Gasteiger partial charge on any atom is -0.458 e. The number of fused-ring (bicyclic) bond motifs is 1. The van der Waals surface area contributed by atoms with E-state index in [0.29, 0.717) is 11.5 Å². The van der Waals surface area contributed by atoms with Crippen LogP contribution in [0.5, 0.6) is 5.75 Å². The molecule has 0 bridgehead atoms. The summed E-state index contributed by atoms with van der Waals surface area (Å²) >= 11 is 0. The Kier molecular flexibility index (Phi) is 3.61. The Balaban J connectivity index is 2.26. The first-order valence-corrected chi connectivity index (χ1v) is 5.69. The van der Waals surface area contributed by atoms with Gasteiger partial charge in [-0.25, -0.2) is 9.59 Å². The first-order valence-electron chi connectivity index (χ1n) is 5.69. The second kappa shape index (κ2) is 5.35. The summed E-state index contributed by atoms with van der Waals surface area (Å²) in [6.07, 6.45) is 6.88. The monoisotopic (exact) mass is 256 g/mol. The molecule has 4 nitrogen and oxygen atoms in total. The van der Waals surface area contributed by atoms with Gasteiger partial charge in [0, 0.05) is 0 Å². The summed E-state index contributed by atoms with van der Waals surface area (Å²) in [6, 6.07) is 4.63. The Morgan fingerprint density at radius 2 is 2.00 bits per heavy atom. The first-order chi connectivity index (χ1) is 9.15. The summed E-state index contributed by atoms with van der Waals surface area (Å²) in [5, 5.41) is 0. The van der Waals surface area contributed by atoms with E-state index in [9.17, 15) is 9.59 Å². The lowest BCUT2D eigenvalue weighted by molar-refractivity contribution is 0.0443. The van der Waals surface area contributed by atoms with Crippen LogP contribution in [0.3, 0.4) is 0 Å². The minimum absolute atomic E-state index is 0.227. The van der Waals surface area contributed by atoms with E-state index in [2.05, 4.69) is 11.3 Å². The number of carbonyl (C=O) groups is 2. The largest absolute Gasteiger partial charge is 0.458 e. The highest BCUT2D eigenvalue weighted by Crippen LogP contribution is 2.25. The summed E-state index contributed by atoms with van der Waals surface area (Å²) in [4.78, 5) is 22.7. The summed E-state index contributed by atoms with van der Waals surface area (Å²) in [7, 11) is 0. The Morgan fingerprint density at radius 1 is 1.26 bits per heavy atom. The zero-order valence-electron chi connectivity index (χ0n) is 10.4. The Labute approximate surface area is 110 Å². The number of hydrogen-bond acceptors (Lipinski definition) is 4. The van der Waals surface area contributed by atoms with Crippen LogP contribution in [0.15, 0.2) is 54.8 Å². The van der Waals surface area contributed by atoms with E-state index in [1.807, 2.05) is 6.92 Å². The summed E-state index contributed by atoms with van der Waals surface area (Å²) < 4.78 is 10.1. The van der Waals surface area contributed by atoms with E-state index in [0.717, 1.165) is 0 Å². The molecular weight excluding hydrogens is 244 g/mol. The Bertz CT molecular complexity index is 609. The highest BCUT2D eigenvalue weighted by atomic mass is 16.6. The number of hydrogen-bond donors (Lipinski definition) is 0. The summed E-state index contributed by atoms with van der Waals surface area (Å²) in [5.74, 6) is -0.191.